The van der Waals surface area contributed by atoms with Crippen molar-refractivity contribution in [1.29, 1.82) is 0 Å². The van der Waals surface area contributed by atoms with E-state index in [-0.39, 0.29) is 25.0 Å². The van der Waals surface area contributed by atoms with E-state index in [1.165, 1.54) is 11.3 Å². The number of para-hydroxylation sites is 1. The van der Waals surface area contributed by atoms with Crippen LogP contribution in [-0.4, -0.2) is 36.6 Å². The van der Waals surface area contributed by atoms with Gasteiger partial charge in [-0.25, -0.2) is 4.98 Å². The van der Waals surface area contributed by atoms with E-state index in [4.69, 9.17) is 9.47 Å². The van der Waals surface area contributed by atoms with Gasteiger partial charge in [-0.05, 0) is 30.3 Å². The van der Waals surface area contributed by atoms with Crippen LogP contribution in [0.1, 0.15) is 0 Å². The number of amides is 2. The molecular weight excluding hydrogens is 402 g/mol. The van der Waals surface area contributed by atoms with E-state index in [0.717, 1.165) is 5.56 Å². The Balaban J connectivity index is 1.45. The molecule has 8 heteroatoms. The molecule has 0 spiro atoms. The first-order valence-corrected chi connectivity index (χ1v) is 10.1. The normalized spacial score (nSPS) is 12.7. The Kier molecular flexibility index (Phi) is 5.76. The third-order valence-electron chi connectivity index (χ3n) is 4.37. The minimum Gasteiger partial charge on any atom is -0.484 e. The highest BCUT2D eigenvalue weighted by Gasteiger charge is 2.25. The molecule has 3 aromatic rings. The van der Waals surface area contributed by atoms with Gasteiger partial charge in [-0.3, -0.25) is 14.9 Å². The van der Waals surface area contributed by atoms with E-state index in [9.17, 15) is 9.59 Å². The minimum atomic E-state index is -0.290. The summed E-state index contributed by atoms with van der Waals surface area (Å²) in [6.45, 7) is 4.02. The maximum absolute atomic E-state index is 12.2. The largest absolute Gasteiger partial charge is 0.484 e. The maximum Gasteiger partial charge on any atom is 0.265 e. The van der Waals surface area contributed by atoms with Crippen molar-refractivity contribution < 1.29 is 19.1 Å². The number of carbonyl (C=O) groups excluding carboxylic acids is 2. The Hall–Kier alpha value is -3.65. The number of hydrogen-bond acceptors (Lipinski definition) is 6. The minimum absolute atomic E-state index is 0.0120. The number of anilines is 2. The second kappa shape index (κ2) is 8.79. The first-order valence-electron chi connectivity index (χ1n) is 9.26. The number of nitrogens with zero attached hydrogens (tertiary/aromatic N) is 2. The van der Waals surface area contributed by atoms with Crippen molar-refractivity contribution in [2.45, 2.75) is 0 Å². The average molecular weight is 421 g/mol. The molecule has 2 heterocycles. The molecule has 152 valence electrons. The summed E-state index contributed by atoms with van der Waals surface area (Å²) in [6, 6.07) is 14.7. The van der Waals surface area contributed by atoms with Crippen molar-refractivity contribution in [1.82, 2.24) is 4.98 Å². The van der Waals surface area contributed by atoms with Gasteiger partial charge in [-0.1, -0.05) is 24.3 Å². The predicted octanol–water partition coefficient (Wildman–Crippen LogP) is 3.74. The molecule has 0 atom stereocenters. The van der Waals surface area contributed by atoms with Crippen LogP contribution >= 0.6 is 11.3 Å². The van der Waals surface area contributed by atoms with E-state index < -0.39 is 0 Å². The highest BCUT2D eigenvalue weighted by Crippen LogP contribution is 2.36. The topological polar surface area (TPSA) is 80.8 Å². The van der Waals surface area contributed by atoms with Crippen molar-refractivity contribution in [3.05, 3.63) is 66.6 Å². The summed E-state index contributed by atoms with van der Waals surface area (Å²) >= 11 is 1.32. The van der Waals surface area contributed by atoms with E-state index in [2.05, 4.69) is 16.9 Å². The zero-order valence-electron chi connectivity index (χ0n) is 16.0. The number of aromatic nitrogens is 1. The molecule has 0 saturated carbocycles. The number of rotatable bonds is 7. The highest BCUT2D eigenvalue weighted by atomic mass is 32.1. The molecule has 1 aliphatic heterocycles. The molecule has 7 nitrogen and oxygen atoms in total. The van der Waals surface area contributed by atoms with Crippen molar-refractivity contribution in [2.24, 2.45) is 0 Å². The van der Waals surface area contributed by atoms with Crippen molar-refractivity contribution in [3.8, 4) is 22.8 Å². The number of hydrogen-bond donors (Lipinski definition) is 1. The molecule has 1 aromatic heterocycles. The predicted molar refractivity (Wildman–Crippen MR) is 116 cm³/mol. The lowest BCUT2D eigenvalue weighted by molar-refractivity contribution is -0.121. The molecule has 0 radical (unpaired) electrons. The van der Waals surface area contributed by atoms with Crippen molar-refractivity contribution in [3.63, 3.8) is 0 Å². The first-order chi connectivity index (χ1) is 14.6. The monoisotopic (exact) mass is 421 g/mol. The van der Waals surface area contributed by atoms with Gasteiger partial charge < -0.3 is 14.4 Å². The smallest absolute Gasteiger partial charge is 0.265 e. The van der Waals surface area contributed by atoms with E-state index in [1.807, 2.05) is 41.8 Å². The number of fused-ring (bicyclic) bond motifs is 1. The molecule has 0 bridgehead atoms. The average Bonchev–Trinajstić information content (AvgIpc) is 3.23. The number of ether oxygens (including phenoxy) is 2. The van der Waals surface area contributed by atoms with E-state index >= 15 is 0 Å². The Labute approximate surface area is 177 Å². The Morgan fingerprint density at radius 3 is 2.93 bits per heavy atom. The fraction of sp³-hybridized carbons (Fsp3) is 0.136. The number of benzene rings is 2. The molecular formula is C22H19N3O4S. The number of carbonyl (C=O) groups is 2. The lowest BCUT2D eigenvalue weighted by atomic mass is 10.1. The van der Waals surface area contributed by atoms with Crippen LogP contribution in [0.5, 0.6) is 11.5 Å². The molecule has 1 aliphatic rings. The molecule has 0 saturated heterocycles. The van der Waals surface area contributed by atoms with Gasteiger partial charge in [0.25, 0.3) is 11.8 Å². The summed E-state index contributed by atoms with van der Waals surface area (Å²) in [5.74, 6) is 0.856. The van der Waals surface area contributed by atoms with Crippen LogP contribution in [0.4, 0.5) is 10.8 Å². The third-order valence-corrected chi connectivity index (χ3v) is 5.13. The molecule has 2 amide bonds. The fourth-order valence-corrected chi connectivity index (χ4v) is 3.71. The Morgan fingerprint density at radius 1 is 1.30 bits per heavy atom. The van der Waals surface area contributed by atoms with E-state index in [0.29, 0.717) is 34.6 Å². The van der Waals surface area contributed by atoms with Gasteiger partial charge in [-0.15, -0.1) is 17.9 Å². The number of thiazole rings is 1. The maximum atomic E-state index is 12.2. The lowest BCUT2D eigenvalue weighted by Gasteiger charge is -2.28. The molecule has 0 unspecified atom stereocenters. The number of nitrogens with one attached hydrogen (secondary N) is 1. The van der Waals surface area contributed by atoms with Crippen LogP contribution in [-0.2, 0) is 9.59 Å². The van der Waals surface area contributed by atoms with Gasteiger partial charge in [0.2, 0.25) is 0 Å². The fourth-order valence-electron chi connectivity index (χ4n) is 2.98. The Bertz CT molecular complexity index is 1080. The third kappa shape index (κ3) is 4.33. The van der Waals surface area contributed by atoms with Crippen LogP contribution < -0.4 is 19.7 Å². The molecule has 0 fully saturated rings. The van der Waals surface area contributed by atoms with Crippen LogP contribution in [0.15, 0.2) is 66.6 Å². The van der Waals surface area contributed by atoms with E-state index in [1.54, 1.807) is 23.1 Å². The van der Waals surface area contributed by atoms with Crippen LogP contribution in [0.3, 0.4) is 0 Å². The standard InChI is InChI=1S/C22H19N3O4S/c1-2-10-25-18-11-15(8-9-19(18)29-13-21(25)27)17-14-30-22(23-17)24-20(26)12-28-16-6-4-3-5-7-16/h2-9,11,14H,1,10,12-13H2,(H,23,24,26). The molecule has 0 aliphatic carbocycles. The van der Waals surface area contributed by atoms with Gasteiger partial charge >= 0.3 is 0 Å². The zero-order valence-corrected chi connectivity index (χ0v) is 16.9. The van der Waals surface area contributed by atoms with Gasteiger partial charge in [-0.2, -0.15) is 0 Å². The SMILES string of the molecule is C=CCN1C(=O)COc2ccc(-c3csc(NC(=O)COc4ccccc4)n3)cc21. The second-order valence-electron chi connectivity index (χ2n) is 6.45. The van der Waals surface area contributed by atoms with Crippen LogP contribution in [0.25, 0.3) is 11.3 Å². The molecule has 2 aromatic carbocycles. The Morgan fingerprint density at radius 2 is 2.13 bits per heavy atom. The van der Waals surface area contributed by atoms with Crippen LogP contribution in [0, 0.1) is 0 Å². The second-order valence-corrected chi connectivity index (χ2v) is 7.31. The summed E-state index contributed by atoms with van der Waals surface area (Å²) in [7, 11) is 0. The molecule has 30 heavy (non-hydrogen) atoms. The van der Waals surface area contributed by atoms with Gasteiger partial charge in [0.15, 0.2) is 18.3 Å². The summed E-state index contributed by atoms with van der Waals surface area (Å²) in [6.07, 6.45) is 1.67. The van der Waals surface area contributed by atoms with Gasteiger partial charge in [0.1, 0.15) is 11.5 Å². The zero-order chi connectivity index (χ0) is 20.9. The van der Waals surface area contributed by atoms with Gasteiger partial charge in [0, 0.05) is 17.5 Å². The summed E-state index contributed by atoms with van der Waals surface area (Å²) in [4.78, 5) is 30.4. The summed E-state index contributed by atoms with van der Waals surface area (Å²) in [5, 5.41) is 5.06. The molecule has 1 N–H and O–H groups in total. The quantitative estimate of drug-likeness (QED) is 0.588. The summed E-state index contributed by atoms with van der Waals surface area (Å²) < 4.78 is 11.0. The van der Waals surface area contributed by atoms with Crippen LogP contribution in [0.2, 0.25) is 0 Å². The molecule has 4 rings (SSSR count). The van der Waals surface area contributed by atoms with Gasteiger partial charge in [0.05, 0.1) is 11.4 Å². The first kappa shape index (κ1) is 19.7. The van der Waals surface area contributed by atoms with Crippen molar-refractivity contribution in [2.75, 3.05) is 30.0 Å². The highest BCUT2D eigenvalue weighted by molar-refractivity contribution is 7.14. The van der Waals surface area contributed by atoms with Crippen molar-refractivity contribution >= 4 is 34.0 Å². The lowest BCUT2D eigenvalue weighted by Crippen LogP contribution is -2.38. The summed E-state index contributed by atoms with van der Waals surface area (Å²) in [5.41, 5.74) is 2.19.